The lowest BCUT2D eigenvalue weighted by Gasteiger charge is -2.27. The quantitative estimate of drug-likeness (QED) is 0.444. The highest BCUT2D eigenvalue weighted by molar-refractivity contribution is 5.24. The van der Waals surface area contributed by atoms with Crippen LogP contribution in [0.5, 0.6) is 0 Å². The Kier molecular flexibility index (Phi) is 1.56. The summed E-state index contributed by atoms with van der Waals surface area (Å²) in [5, 5.41) is 27.9. The van der Waals surface area contributed by atoms with E-state index in [9.17, 15) is 10.2 Å². The van der Waals surface area contributed by atoms with Gasteiger partial charge in [0.2, 0.25) is 0 Å². The molecule has 1 saturated heterocycles. The first-order valence-electron chi connectivity index (χ1n) is 3.93. The molecule has 68 valence electrons. The largest absolute Gasteiger partial charge is 0.393 e. The summed E-state index contributed by atoms with van der Waals surface area (Å²) in [5.74, 6) is -0.419. The number of hydrogen-bond donors (Lipinski definition) is 3. The fraction of sp³-hybridized carbons (Fsp3) is 0.750. The molecule has 4 nitrogen and oxygen atoms in total. The van der Waals surface area contributed by atoms with Gasteiger partial charge in [0.05, 0.1) is 18.6 Å². The summed E-state index contributed by atoms with van der Waals surface area (Å²) in [6, 6.07) is 0. The van der Waals surface area contributed by atoms with Crippen LogP contribution < -0.4 is 0 Å². The maximum absolute atomic E-state index is 9.61. The van der Waals surface area contributed by atoms with Crippen LogP contribution in [0.25, 0.3) is 0 Å². The van der Waals surface area contributed by atoms with Crippen LogP contribution >= 0.6 is 0 Å². The van der Waals surface area contributed by atoms with Crippen molar-refractivity contribution in [1.82, 2.24) is 0 Å². The molecule has 0 radical (unpaired) electrons. The Hall–Kier alpha value is -0.420. The van der Waals surface area contributed by atoms with E-state index in [1.165, 1.54) is 0 Å². The van der Waals surface area contributed by atoms with Gasteiger partial charge in [-0.05, 0) is 0 Å². The van der Waals surface area contributed by atoms with Crippen LogP contribution in [-0.4, -0.2) is 39.9 Å². The molecule has 1 aliphatic heterocycles. The first-order chi connectivity index (χ1) is 5.60. The molecule has 0 aromatic carbocycles. The molecule has 1 saturated carbocycles. The molecular formula is C8H12O4. The highest BCUT2D eigenvalue weighted by Gasteiger charge is 2.60. The predicted octanol–water partition coefficient (Wildman–Crippen LogP) is -0.997. The normalized spacial score (nSPS) is 51.9. The van der Waals surface area contributed by atoms with Gasteiger partial charge in [-0.25, -0.2) is 0 Å². The maximum Gasteiger partial charge on any atom is 0.164 e. The third-order valence-electron chi connectivity index (χ3n) is 2.81. The van der Waals surface area contributed by atoms with Gasteiger partial charge in [-0.3, -0.25) is 0 Å². The summed E-state index contributed by atoms with van der Waals surface area (Å²) in [6.07, 6.45) is -1.38. The van der Waals surface area contributed by atoms with Gasteiger partial charge in [0, 0.05) is 6.42 Å². The zero-order valence-electron chi connectivity index (χ0n) is 6.60. The Morgan fingerprint density at radius 1 is 1.58 bits per heavy atom. The first-order valence-corrected chi connectivity index (χ1v) is 3.93. The van der Waals surface area contributed by atoms with Crippen LogP contribution in [0.2, 0.25) is 0 Å². The summed E-state index contributed by atoms with van der Waals surface area (Å²) >= 11 is 0. The van der Waals surface area contributed by atoms with Crippen LogP contribution in [0, 0.1) is 5.92 Å². The van der Waals surface area contributed by atoms with Crippen molar-refractivity contribution in [1.29, 1.82) is 0 Å². The number of ether oxygens (including phenoxy) is 1. The van der Waals surface area contributed by atoms with Gasteiger partial charge in [0.1, 0.15) is 5.60 Å². The van der Waals surface area contributed by atoms with Crippen LogP contribution in [-0.2, 0) is 4.74 Å². The molecule has 3 N–H and O–H groups in total. The second-order valence-electron chi connectivity index (χ2n) is 3.54. The Morgan fingerprint density at radius 2 is 2.25 bits per heavy atom. The zero-order chi connectivity index (χ0) is 8.93. The molecule has 0 amide bonds. The maximum atomic E-state index is 9.61. The van der Waals surface area contributed by atoms with E-state index in [-0.39, 0.29) is 6.61 Å². The lowest BCUT2D eigenvalue weighted by molar-refractivity contribution is -0.177. The molecule has 2 rings (SSSR count). The molecular weight excluding hydrogens is 160 g/mol. The lowest BCUT2D eigenvalue weighted by Crippen LogP contribution is -2.40. The van der Waals surface area contributed by atoms with Crippen LogP contribution in [0.4, 0.5) is 0 Å². The standard InChI is InChI=1S/C8H12O4/c1-4-2-8(3-9)6(10)5(4)7(11)12-8/h5-7,9-11H,1-3H2/t5?,6-,7-,8+/m1/s1. The van der Waals surface area contributed by atoms with Gasteiger partial charge >= 0.3 is 0 Å². The van der Waals surface area contributed by atoms with Crippen LogP contribution in [0.1, 0.15) is 6.42 Å². The van der Waals surface area contributed by atoms with Gasteiger partial charge in [0.25, 0.3) is 0 Å². The van der Waals surface area contributed by atoms with E-state index >= 15 is 0 Å². The monoisotopic (exact) mass is 172 g/mol. The van der Waals surface area contributed by atoms with Crippen molar-refractivity contribution in [2.75, 3.05) is 6.61 Å². The molecule has 2 aliphatic rings. The number of aliphatic hydroxyl groups excluding tert-OH is 3. The summed E-state index contributed by atoms with van der Waals surface area (Å²) in [7, 11) is 0. The molecule has 12 heavy (non-hydrogen) atoms. The molecule has 2 bridgehead atoms. The third kappa shape index (κ3) is 0.754. The minimum atomic E-state index is -1.01. The van der Waals surface area contributed by atoms with Crippen molar-refractivity contribution in [3.05, 3.63) is 12.2 Å². The van der Waals surface area contributed by atoms with Gasteiger partial charge < -0.3 is 20.1 Å². The highest BCUT2D eigenvalue weighted by atomic mass is 16.6. The van der Waals surface area contributed by atoms with Crippen molar-refractivity contribution < 1.29 is 20.1 Å². The van der Waals surface area contributed by atoms with Gasteiger partial charge in [-0.1, -0.05) is 12.2 Å². The smallest absolute Gasteiger partial charge is 0.164 e. The van der Waals surface area contributed by atoms with Crippen LogP contribution in [0.3, 0.4) is 0 Å². The zero-order valence-corrected chi connectivity index (χ0v) is 6.60. The molecule has 1 unspecified atom stereocenters. The molecule has 1 aliphatic carbocycles. The van der Waals surface area contributed by atoms with E-state index < -0.39 is 23.9 Å². The van der Waals surface area contributed by atoms with E-state index in [0.29, 0.717) is 6.42 Å². The fourth-order valence-electron chi connectivity index (χ4n) is 2.13. The third-order valence-corrected chi connectivity index (χ3v) is 2.81. The van der Waals surface area contributed by atoms with Gasteiger partial charge in [-0.2, -0.15) is 0 Å². The Labute approximate surface area is 70.1 Å². The van der Waals surface area contributed by atoms with Crippen molar-refractivity contribution in [3.63, 3.8) is 0 Å². The number of aliphatic hydroxyl groups is 3. The number of fused-ring (bicyclic) bond motifs is 2. The van der Waals surface area contributed by atoms with Crippen molar-refractivity contribution in [2.45, 2.75) is 24.4 Å². The van der Waals surface area contributed by atoms with E-state index in [4.69, 9.17) is 9.84 Å². The second kappa shape index (κ2) is 2.29. The summed E-state index contributed by atoms with van der Waals surface area (Å²) < 4.78 is 5.07. The Bertz CT molecular complexity index is 227. The average Bonchev–Trinajstić information content (AvgIpc) is 2.37. The SMILES string of the molecule is C=C1C[C@@]2(CO)O[C@@H](O)C1[C@H]2O. The number of rotatable bonds is 1. The fourth-order valence-corrected chi connectivity index (χ4v) is 2.13. The molecule has 0 spiro atoms. The van der Waals surface area contributed by atoms with Crippen molar-refractivity contribution >= 4 is 0 Å². The summed E-state index contributed by atoms with van der Waals surface area (Å²) in [4.78, 5) is 0. The molecule has 0 aromatic rings. The van der Waals surface area contributed by atoms with Crippen molar-refractivity contribution in [3.8, 4) is 0 Å². The Morgan fingerprint density at radius 3 is 2.58 bits per heavy atom. The van der Waals surface area contributed by atoms with E-state index in [1.807, 2.05) is 0 Å². The van der Waals surface area contributed by atoms with E-state index in [0.717, 1.165) is 5.57 Å². The first kappa shape index (κ1) is 8.19. The van der Waals surface area contributed by atoms with Gasteiger partial charge in [0.15, 0.2) is 6.29 Å². The lowest BCUT2D eigenvalue weighted by atomic mass is 10.0. The topological polar surface area (TPSA) is 69.9 Å². The second-order valence-corrected chi connectivity index (χ2v) is 3.54. The highest BCUT2D eigenvalue weighted by Crippen LogP contribution is 2.49. The number of hydrogen-bond acceptors (Lipinski definition) is 4. The average molecular weight is 172 g/mol. The van der Waals surface area contributed by atoms with E-state index in [2.05, 4.69) is 6.58 Å². The van der Waals surface area contributed by atoms with Crippen molar-refractivity contribution in [2.24, 2.45) is 5.92 Å². The molecule has 1 heterocycles. The predicted molar refractivity (Wildman–Crippen MR) is 40.2 cm³/mol. The van der Waals surface area contributed by atoms with Crippen LogP contribution in [0.15, 0.2) is 12.2 Å². The Balaban J connectivity index is 2.34. The summed E-state index contributed by atoms with van der Waals surface area (Å²) in [5.41, 5.74) is -0.225. The molecule has 2 fully saturated rings. The summed E-state index contributed by atoms with van der Waals surface area (Å²) in [6.45, 7) is 3.44. The molecule has 0 aromatic heterocycles. The molecule has 4 atom stereocenters. The molecule has 4 heteroatoms. The minimum absolute atomic E-state index is 0.277. The van der Waals surface area contributed by atoms with E-state index in [1.54, 1.807) is 0 Å². The van der Waals surface area contributed by atoms with Gasteiger partial charge in [-0.15, -0.1) is 0 Å². The minimum Gasteiger partial charge on any atom is -0.393 e.